The first kappa shape index (κ1) is 16.1. The number of carbonyl (C=O) groups is 2. The number of nitrogens with zero attached hydrogens (tertiary/aromatic N) is 2. The van der Waals surface area contributed by atoms with Crippen LogP contribution in [0.3, 0.4) is 0 Å². The molecule has 1 aliphatic heterocycles. The van der Waals surface area contributed by atoms with Crippen molar-refractivity contribution in [3.8, 4) is 0 Å². The van der Waals surface area contributed by atoms with Crippen molar-refractivity contribution in [2.45, 2.75) is 6.92 Å². The molecule has 0 spiro atoms. The van der Waals surface area contributed by atoms with E-state index in [1.807, 2.05) is 24.3 Å². The zero-order valence-corrected chi connectivity index (χ0v) is 14.3. The van der Waals surface area contributed by atoms with E-state index in [4.69, 9.17) is 5.11 Å². The van der Waals surface area contributed by atoms with Crippen LogP contribution >= 0.6 is 15.9 Å². The second-order valence-corrected chi connectivity index (χ2v) is 6.18. The molecular weight excluding hydrogens is 372 g/mol. The standard InChI is InChI=1S/C18H13BrN2O3/c1-11-16(10-12-2-6-14(19)7-3-12)17(22)21(20-11)15-8-4-13(5-9-15)18(23)24/h2-10H,1H3,(H,23,24)/b16-10-. The summed E-state index contributed by atoms with van der Waals surface area (Å²) in [6, 6.07) is 13.7. The van der Waals surface area contributed by atoms with Crippen molar-refractivity contribution in [2.75, 3.05) is 5.01 Å². The lowest BCUT2D eigenvalue weighted by molar-refractivity contribution is -0.114. The minimum absolute atomic E-state index is 0.164. The zero-order valence-electron chi connectivity index (χ0n) is 12.7. The number of rotatable bonds is 3. The topological polar surface area (TPSA) is 70.0 Å². The zero-order chi connectivity index (χ0) is 17.3. The number of carbonyl (C=O) groups excluding carboxylic acids is 1. The van der Waals surface area contributed by atoms with Gasteiger partial charge in [0, 0.05) is 4.47 Å². The first-order valence-electron chi connectivity index (χ1n) is 7.16. The molecule has 2 aromatic rings. The van der Waals surface area contributed by atoms with E-state index in [9.17, 15) is 9.59 Å². The van der Waals surface area contributed by atoms with E-state index in [0.717, 1.165) is 10.0 Å². The van der Waals surface area contributed by atoms with Gasteiger partial charge in [0.25, 0.3) is 5.91 Å². The molecule has 1 aliphatic rings. The molecule has 0 saturated carbocycles. The number of hydrazone groups is 1. The van der Waals surface area contributed by atoms with Crippen LogP contribution in [0.2, 0.25) is 0 Å². The number of aromatic carboxylic acids is 1. The summed E-state index contributed by atoms with van der Waals surface area (Å²) in [5, 5.41) is 14.5. The summed E-state index contributed by atoms with van der Waals surface area (Å²) in [5.74, 6) is -1.25. The van der Waals surface area contributed by atoms with E-state index in [1.54, 1.807) is 25.1 Å². The van der Waals surface area contributed by atoms with Crippen molar-refractivity contribution in [1.29, 1.82) is 0 Å². The highest BCUT2D eigenvalue weighted by atomic mass is 79.9. The number of benzene rings is 2. The van der Waals surface area contributed by atoms with E-state index in [1.165, 1.54) is 17.1 Å². The molecule has 2 aromatic carbocycles. The number of carboxylic acids is 1. The van der Waals surface area contributed by atoms with Crippen LogP contribution in [0.5, 0.6) is 0 Å². The Kier molecular flexibility index (Phi) is 4.31. The highest BCUT2D eigenvalue weighted by Gasteiger charge is 2.28. The van der Waals surface area contributed by atoms with Gasteiger partial charge in [-0.25, -0.2) is 4.79 Å². The Bertz CT molecular complexity index is 868. The molecule has 0 aliphatic carbocycles. The molecule has 0 radical (unpaired) electrons. The molecule has 0 bridgehead atoms. The summed E-state index contributed by atoms with van der Waals surface area (Å²) in [6.45, 7) is 1.77. The van der Waals surface area contributed by atoms with Crippen LogP contribution in [0.4, 0.5) is 5.69 Å². The summed E-state index contributed by atoms with van der Waals surface area (Å²) in [7, 11) is 0. The van der Waals surface area contributed by atoms with Crippen LogP contribution in [0.25, 0.3) is 6.08 Å². The molecule has 24 heavy (non-hydrogen) atoms. The van der Waals surface area contributed by atoms with Gasteiger partial charge in [-0.1, -0.05) is 28.1 Å². The third-order valence-electron chi connectivity index (χ3n) is 3.60. The van der Waals surface area contributed by atoms with Crippen molar-refractivity contribution in [3.05, 3.63) is 69.7 Å². The van der Waals surface area contributed by atoms with E-state index in [-0.39, 0.29) is 11.5 Å². The quantitative estimate of drug-likeness (QED) is 0.814. The van der Waals surface area contributed by atoms with Crippen LogP contribution in [0.15, 0.2) is 63.7 Å². The van der Waals surface area contributed by atoms with Crippen molar-refractivity contribution in [1.82, 2.24) is 0 Å². The van der Waals surface area contributed by atoms with Gasteiger partial charge in [-0.3, -0.25) is 4.79 Å². The Balaban J connectivity index is 1.90. The van der Waals surface area contributed by atoms with Crippen LogP contribution in [0, 0.1) is 0 Å². The van der Waals surface area contributed by atoms with Gasteiger partial charge in [-0.2, -0.15) is 10.1 Å². The Labute approximate surface area is 147 Å². The smallest absolute Gasteiger partial charge is 0.335 e. The number of hydrogen-bond donors (Lipinski definition) is 1. The van der Waals surface area contributed by atoms with E-state index in [2.05, 4.69) is 21.0 Å². The van der Waals surface area contributed by atoms with E-state index < -0.39 is 5.97 Å². The first-order chi connectivity index (χ1) is 11.5. The fourth-order valence-electron chi connectivity index (χ4n) is 2.33. The van der Waals surface area contributed by atoms with Gasteiger partial charge in [-0.15, -0.1) is 0 Å². The number of carboxylic acid groups (broad SMARTS) is 1. The van der Waals surface area contributed by atoms with Crippen molar-refractivity contribution in [2.24, 2.45) is 5.10 Å². The third-order valence-corrected chi connectivity index (χ3v) is 4.13. The molecule has 1 heterocycles. The predicted molar refractivity (Wildman–Crippen MR) is 96.1 cm³/mol. The highest BCUT2D eigenvalue weighted by Crippen LogP contribution is 2.25. The maximum Gasteiger partial charge on any atom is 0.335 e. The lowest BCUT2D eigenvalue weighted by atomic mass is 10.1. The van der Waals surface area contributed by atoms with Gasteiger partial charge in [-0.05, 0) is 55.0 Å². The molecule has 0 atom stereocenters. The van der Waals surface area contributed by atoms with Crippen molar-refractivity contribution < 1.29 is 14.7 Å². The van der Waals surface area contributed by atoms with Gasteiger partial charge in [0.2, 0.25) is 0 Å². The van der Waals surface area contributed by atoms with E-state index in [0.29, 0.717) is 17.0 Å². The lowest BCUT2D eigenvalue weighted by Gasteiger charge is -2.11. The van der Waals surface area contributed by atoms with Crippen molar-refractivity contribution >= 4 is 45.3 Å². The Morgan fingerprint density at radius 3 is 2.33 bits per heavy atom. The largest absolute Gasteiger partial charge is 0.478 e. The Morgan fingerprint density at radius 1 is 1.12 bits per heavy atom. The molecule has 5 nitrogen and oxygen atoms in total. The normalized spacial score (nSPS) is 15.8. The monoisotopic (exact) mass is 384 g/mol. The number of halogens is 1. The van der Waals surface area contributed by atoms with Crippen LogP contribution in [-0.4, -0.2) is 22.7 Å². The fourth-order valence-corrected chi connectivity index (χ4v) is 2.59. The maximum atomic E-state index is 12.6. The average molecular weight is 385 g/mol. The van der Waals surface area contributed by atoms with Gasteiger partial charge >= 0.3 is 5.97 Å². The van der Waals surface area contributed by atoms with Crippen LogP contribution in [-0.2, 0) is 4.79 Å². The highest BCUT2D eigenvalue weighted by molar-refractivity contribution is 9.10. The van der Waals surface area contributed by atoms with Crippen LogP contribution < -0.4 is 5.01 Å². The average Bonchev–Trinajstić information content (AvgIpc) is 2.85. The SMILES string of the molecule is CC1=NN(c2ccc(C(=O)O)cc2)C(=O)/C1=C\c1ccc(Br)cc1. The van der Waals surface area contributed by atoms with Gasteiger partial charge < -0.3 is 5.11 Å². The molecule has 0 fully saturated rings. The summed E-state index contributed by atoms with van der Waals surface area (Å²) < 4.78 is 0.966. The molecule has 6 heteroatoms. The third kappa shape index (κ3) is 3.14. The predicted octanol–water partition coefficient (Wildman–Crippen LogP) is 3.95. The van der Waals surface area contributed by atoms with Gasteiger partial charge in [0.1, 0.15) is 0 Å². The van der Waals surface area contributed by atoms with Gasteiger partial charge in [0.05, 0.1) is 22.5 Å². The molecule has 1 amide bonds. The van der Waals surface area contributed by atoms with E-state index >= 15 is 0 Å². The second-order valence-electron chi connectivity index (χ2n) is 5.26. The maximum absolute atomic E-state index is 12.6. The minimum Gasteiger partial charge on any atom is -0.478 e. The summed E-state index contributed by atoms with van der Waals surface area (Å²) in [5.41, 5.74) is 2.73. The van der Waals surface area contributed by atoms with Crippen LogP contribution in [0.1, 0.15) is 22.8 Å². The Morgan fingerprint density at radius 2 is 1.75 bits per heavy atom. The number of amides is 1. The molecule has 3 rings (SSSR count). The molecule has 0 unspecified atom stereocenters. The molecule has 1 N–H and O–H groups in total. The summed E-state index contributed by atoms with van der Waals surface area (Å²) in [6.07, 6.45) is 1.79. The van der Waals surface area contributed by atoms with Crippen molar-refractivity contribution in [3.63, 3.8) is 0 Å². The number of anilines is 1. The summed E-state index contributed by atoms with van der Waals surface area (Å²) in [4.78, 5) is 23.5. The molecule has 0 saturated heterocycles. The fraction of sp³-hybridized carbons (Fsp3) is 0.0556. The molecular formula is C18H13BrN2O3. The Hall–Kier alpha value is -2.73. The molecule has 120 valence electrons. The minimum atomic E-state index is -1.01. The number of hydrogen-bond acceptors (Lipinski definition) is 3. The first-order valence-corrected chi connectivity index (χ1v) is 7.95. The summed E-state index contributed by atoms with van der Waals surface area (Å²) >= 11 is 3.38. The van der Waals surface area contributed by atoms with Gasteiger partial charge in [0.15, 0.2) is 0 Å². The second kappa shape index (κ2) is 6.41. The molecule has 0 aromatic heterocycles. The lowest BCUT2D eigenvalue weighted by Crippen LogP contribution is -2.21.